The van der Waals surface area contributed by atoms with Crippen molar-refractivity contribution in [2.75, 3.05) is 26.2 Å². The molecule has 162 valence electrons. The Morgan fingerprint density at radius 2 is 1.69 bits per heavy atom. The third-order valence-corrected chi connectivity index (χ3v) is 4.99. The van der Waals surface area contributed by atoms with Crippen LogP contribution in [-0.2, 0) is 28.8 Å². The molecular formula is C19H30N4O6. The van der Waals surface area contributed by atoms with Crippen molar-refractivity contribution in [1.82, 2.24) is 20.6 Å². The maximum Gasteiger partial charge on any atom is 0.334 e. The maximum atomic E-state index is 12.0. The Morgan fingerprint density at radius 3 is 2.38 bits per heavy atom. The maximum absolute atomic E-state index is 12.0. The monoisotopic (exact) mass is 419 g/mol. The van der Waals surface area contributed by atoms with Gasteiger partial charge in [-0.1, -0.05) is 13.3 Å². The van der Waals surface area contributed by atoms with Gasteiger partial charge in [0.1, 0.15) is 0 Å². The third-order valence-electron chi connectivity index (χ3n) is 4.99. The van der Waals surface area contributed by atoms with Crippen molar-refractivity contribution in [3.63, 3.8) is 0 Å². The summed E-state index contributed by atoms with van der Waals surface area (Å²) in [6.45, 7) is 3.67. The smallest absolute Gasteiger partial charge is 0.334 e. The van der Waals surface area contributed by atoms with Crippen LogP contribution in [0.25, 0.3) is 0 Å². The number of carbonyl (C=O) groups excluding carboxylic acids is 5. The molecule has 0 aliphatic carbocycles. The number of likely N-dealkylation sites (tertiary alicyclic amines) is 1. The minimum Gasteiger partial charge on any atom is -0.355 e. The second kappa shape index (κ2) is 11.5. The van der Waals surface area contributed by atoms with E-state index in [4.69, 9.17) is 4.84 Å². The molecule has 2 saturated heterocycles. The van der Waals surface area contributed by atoms with Gasteiger partial charge in [-0.15, -0.1) is 5.06 Å². The van der Waals surface area contributed by atoms with Gasteiger partial charge in [0.25, 0.3) is 11.8 Å². The van der Waals surface area contributed by atoms with Gasteiger partial charge in [0.2, 0.25) is 11.8 Å². The summed E-state index contributed by atoms with van der Waals surface area (Å²) in [6.07, 6.45) is 4.44. The van der Waals surface area contributed by atoms with Crippen LogP contribution in [0, 0.1) is 0 Å². The largest absolute Gasteiger partial charge is 0.355 e. The molecule has 2 aliphatic heterocycles. The summed E-state index contributed by atoms with van der Waals surface area (Å²) < 4.78 is 0. The Morgan fingerprint density at radius 1 is 1.03 bits per heavy atom. The quantitative estimate of drug-likeness (QED) is 0.272. The van der Waals surface area contributed by atoms with Crippen LogP contribution in [0.3, 0.4) is 0 Å². The van der Waals surface area contributed by atoms with E-state index in [0.29, 0.717) is 17.6 Å². The third kappa shape index (κ3) is 7.45. The Balaban J connectivity index is 1.54. The number of hydrogen-bond donors (Lipinski definition) is 2. The summed E-state index contributed by atoms with van der Waals surface area (Å²) in [6, 6.07) is 0.472. The predicted octanol–water partition coefficient (Wildman–Crippen LogP) is -0.129. The lowest BCUT2D eigenvalue weighted by atomic mass is 10.2. The van der Waals surface area contributed by atoms with Gasteiger partial charge in [0.05, 0.1) is 13.0 Å². The van der Waals surface area contributed by atoms with Crippen molar-refractivity contribution in [1.29, 1.82) is 0 Å². The Bertz CT molecular complexity index is 622. The number of nitrogens with one attached hydrogen (secondary N) is 2. The van der Waals surface area contributed by atoms with Crippen LogP contribution >= 0.6 is 0 Å². The second-order valence-electron chi connectivity index (χ2n) is 7.30. The molecule has 10 nitrogen and oxygen atoms in total. The minimum atomic E-state index is -0.769. The van der Waals surface area contributed by atoms with Crippen LogP contribution in [0.1, 0.15) is 58.3 Å². The first kappa shape index (κ1) is 22.8. The van der Waals surface area contributed by atoms with Crippen LogP contribution in [0.15, 0.2) is 0 Å². The van der Waals surface area contributed by atoms with Gasteiger partial charge in [-0.3, -0.25) is 24.1 Å². The number of hydrogen-bond acceptors (Lipinski definition) is 7. The van der Waals surface area contributed by atoms with E-state index in [9.17, 15) is 24.0 Å². The van der Waals surface area contributed by atoms with Crippen molar-refractivity contribution >= 4 is 29.6 Å². The van der Waals surface area contributed by atoms with Crippen molar-refractivity contribution in [2.45, 2.75) is 64.3 Å². The van der Waals surface area contributed by atoms with Crippen molar-refractivity contribution in [2.24, 2.45) is 0 Å². The highest BCUT2D eigenvalue weighted by atomic mass is 16.8. The standard InChI is InChI=1S/C19H30N4O6/c1-2-4-14-5-3-12-22(14)13-16(25)21-10-8-15(24)20-11-9-19(28)29-23-17(26)6-7-18(23)27/h14H,2-13H2,1H3,(H,20,24)(H,21,25)/i2+1,9+1,11+1,13+1,15+1,19+1,20+1,21+1,22+1. The first-order chi connectivity index (χ1) is 13.9. The van der Waals surface area contributed by atoms with E-state index in [1.54, 1.807) is 0 Å². The molecule has 0 bridgehead atoms. The fourth-order valence-corrected chi connectivity index (χ4v) is 3.52. The molecule has 2 fully saturated rings. The highest BCUT2D eigenvalue weighted by Crippen LogP contribution is 2.20. The van der Waals surface area contributed by atoms with Gasteiger partial charge in [-0.2, -0.15) is 0 Å². The predicted molar refractivity (Wildman–Crippen MR) is 102 cm³/mol. The van der Waals surface area contributed by atoms with Crippen LogP contribution in [-0.4, -0.2) is 71.8 Å². The molecule has 29 heavy (non-hydrogen) atoms. The fourth-order valence-electron chi connectivity index (χ4n) is 3.52. The van der Waals surface area contributed by atoms with Crippen molar-refractivity contribution in [3.8, 4) is 0 Å². The lowest BCUT2D eigenvalue weighted by molar-refractivity contribution is -0.197. The Labute approximate surface area is 170 Å². The minimum absolute atomic E-state index is 0.0221. The second-order valence-corrected chi connectivity index (χ2v) is 7.30. The average Bonchev–Trinajstić information content (AvgIpc) is 3.23. The highest BCUT2D eigenvalue weighted by Gasteiger charge is 2.32. The zero-order chi connectivity index (χ0) is 21.2. The Hall–Kier alpha value is -2.49. The number of rotatable bonds is 11. The number of carbonyl (C=O) groups is 5. The van der Waals surface area contributed by atoms with Gasteiger partial charge in [0, 0.05) is 38.4 Å². The summed E-state index contributed by atoms with van der Waals surface area (Å²) in [7, 11) is 0. The van der Waals surface area contributed by atoms with Gasteiger partial charge < -0.3 is 15.5 Å². The zero-order valence-electron chi connectivity index (χ0n) is 16.9. The van der Waals surface area contributed by atoms with E-state index in [0.717, 1.165) is 32.2 Å². The average molecular weight is 419 g/mol. The van der Waals surface area contributed by atoms with Crippen LogP contribution in [0.2, 0.25) is 0 Å². The molecule has 0 radical (unpaired) electrons. The number of hydroxylamine groups is 2. The van der Waals surface area contributed by atoms with E-state index in [1.165, 1.54) is 0 Å². The lowest BCUT2D eigenvalue weighted by Crippen LogP contribution is -2.41. The van der Waals surface area contributed by atoms with E-state index in [1.807, 2.05) is 0 Å². The summed E-state index contributed by atoms with van der Waals surface area (Å²) >= 11 is 0. The molecule has 10 heteroatoms. The summed E-state index contributed by atoms with van der Waals surface area (Å²) in [4.78, 5) is 65.1. The summed E-state index contributed by atoms with van der Waals surface area (Å²) in [5.41, 5.74) is 0. The van der Waals surface area contributed by atoms with Crippen molar-refractivity contribution < 1.29 is 28.8 Å². The molecule has 0 saturated carbocycles. The van der Waals surface area contributed by atoms with Gasteiger partial charge >= 0.3 is 5.97 Å². The van der Waals surface area contributed by atoms with Gasteiger partial charge in [-0.05, 0) is 25.8 Å². The molecule has 0 aromatic heterocycles. The SMILES string of the molecule is C[13CH2]CC1CCC[15N]1[13CH2]C(=O)[15NH]CC[13C](=O)[15NH][13CH2][13CH2][13C](=O)ON1C(=O)CCC1=O. The normalized spacial score (nSPS) is 19.5. The number of imide groups is 1. The van der Waals surface area contributed by atoms with Crippen molar-refractivity contribution in [3.05, 3.63) is 0 Å². The van der Waals surface area contributed by atoms with E-state index in [2.05, 4.69) is 22.5 Å². The Kier molecular flexibility index (Phi) is 9.04. The zero-order valence-corrected chi connectivity index (χ0v) is 16.9. The van der Waals surface area contributed by atoms with Gasteiger partial charge in [0.15, 0.2) is 0 Å². The molecule has 1 atom stereocenters. The topological polar surface area (TPSA) is 125 Å². The van der Waals surface area contributed by atoms with Crippen LogP contribution < -0.4 is 10.6 Å². The van der Waals surface area contributed by atoms with E-state index < -0.39 is 17.8 Å². The molecular weight excluding hydrogens is 389 g/mol. The van der Waals surface area contributed by atoms with Crippen LogP contribution in [0.5, 0.6) is 0 Å². The molecule has 2 aliphatic rings. The highest BCUT2D eigenvalue weighted by molar-refractivity contribution is 6.01. The lowest BCUT2D eigenvalue weighted by Gasteiger charge is -2.23. The first-order valence-corrected chi connectivity index (χ1v) is 10.2. The molecule has 0 aromatic carbocycles. The summed E-state index contributed by atoms with van der Waals surface area (Å²) in [5.74, 6) is -2.26. The first-order valence-electron chi connectivity index (χ1n) is 10.2. The molecule has 2 N–H and O–H groups in total. The van der Waals surface area contributed by atoms with Crippen LogP contribution in [0.4, 0.5) is 0 Å². The van der Waals surface area contributed by atoms with Gasteiger partial charge in [-0.25, -0.2) is 4.79 Å². The molecule has 0 spiro atoms. The summed E-state index contributed by atoms with van der Waals surface area (Å²) in [5, 5.41) is 5.76. The number of amides is 4. The van der Waals surface area contributed by atoms with E-state index >= 15 is 0 Å². The van der Waals surface area contributed by atoms with E-state index in [-0.39, 0.29) is 50.6 Å². The number of nitrogens with zero attached hydrogens (tertiary/aromatic N) is 2. The molecule has 2 rings (SSSR count). The molecule has 4 amide bonds. The molecule has 2 heterocycles. The molecule has 1 unspecified atom stereocenters. The molecule has 0 aromatic rings. The fraction of sp³-hybridized carbons (Fsp3) is 0.737.